The van der Waals surface area contributed by atoms with Crippen molar-refractivity contribution in [2.24, 2.45) is 0 Å². The van der Waals surface area contributed by atoms with Crippen LogP contribution in [0.1, 0.15) is 22.6 Å². The van der Waals surface area contributed by atoms with Crippen LogP contribution in [-0.2, 0) is 0 Å². The van der Waals surface area contributed by atoms with Gasteiger partial charge in [0.25, 0.3) is 0 Å². The number of para-hydroxylation sites is 1. The van der Waals surface area contributed by atoms with Crippen LogP contribution in [0.4, 0.5) is 4.39 Å². The van der Waals surface area contributed by atoms with Crippen molar-refractivity contribution in [3.05, 3.63) is 108 Å². The van der Waals surface area contributed by atoms with Gasteiger partial charge in [-0.25, -0.2) is 4.39 Å². The molecule has 0 aliphatic carbocycles. The number of hydrogen-bond acceptors (Lipinski definition) is 0. The van der Waals surface area contributed by atoms with E-state index < -0.39 is 0 Å². The minimum Gasteiger partial charge on any atom is -0.361 e. The Morgan fingerprint density at radius 3 is 2.32 bits per heavy atom. The number of nitrogens with one attached hydrogen (secondary N) is 1. The molecule has 0 saturated carbocycles. The molecule has 0 spiro atoms. The van der Waals surface area contributed by atoms with Crippen LogP contribution in [-0.4, -0.2) is 4.98 Å². The van der Waals surface area contributed by atoms with Gasteiger partial charge >= 0.3 is 0 Å². The summed E-state index contributed by atoms with van der Waals surface area (Å²) in [6.07, 6.45) is 2.00. The number of rotatable bonds is 2. The zero-order chi connectivity index (χ0) is 17.1. The Bertz CT molecular complexity index is 1050. The second-order valence-electron chi connectivity index (χ2n) is 5.91. The van der Waals surface area contributed by atoms with Crippen molar-refractivity contribution in [2.45, 2.75) is 5.92 Å². The van der Waals surface area contributed by atoms with Crippen molar-refractivity contribution in [3.8, 4) is 11.8 Å². The Kier molecular flexibility index (Phi) is 4.06. The predicted octanol–water partition coefficient (Wildman–Crippen LogP) is 5.49. The van der Waals surface area contributed by atoms with Crippen LogP contribution in [0.3, 0.4) is 0 Å². The highest BCUT2D eigenvalue weighted by Crippen LogP contribution is 2.30. The minimum atomic E-state index is -0.238. The van der Waals surface area contributed by atoms with Crippen molar-refractivity contribution in [1.29, 1.82) is 0 Å². The van der Waals surface area contributed by atoms with Crippen molar-refractivity contribution >= 4 is 10.9 Å². The van der Waals surface area contributed by atoms with Gasteiger partial charge in [0.05, 0.1) is 5.92 Å². The van der Waals surface area contributed by atoms with Crippen LogP contribution in [0.2, 0.25) is 0 Å². The zero-order valence-electron chi connectivity index (χ0n) is 13.5. The molecule has 1 atom stereocenters. The lowest BCUT2D eigenvalue weighted by molar-refractivity contribution is 0.627. The van der Waals surface area contributed by atoms with E-state index in [1.54, 1.807) is 12.1 Å². The van der Waals surface area contributed by atoms with Crippen molar-refractivity contribution in [3.63, 3.8) is 0 Å². The molecule has 2 heteroatoms. The maximum Gasteiger partial charge on any atom is 0.123 e. The van der Waals surface area contributed by atoms with E-state index in [-0.39, 0.29) is 11.7 Å². The molecule has 4 rings (SSSR count). The van der Waals surface area contributed by atoms with E-state index in [2.05, 4.69) is 22.9 Å². The molecule has 1 heterocycles. The minimum absolute atomic E-state index is 0.128. The highest BCUT2D eigenvalue weighted by molar-refractivity contribution is 5.84. The monoisotopic (exact) mass is 325 g/mol. The fourth-order valence-corrected chi connectivity index (χ4v) is 3.01. The fraction of sp³-hybridized carbons (Fsp3) is 0.0435. The average molecular weight is 325 g/mol. The standard InChI is InChI=1S/C23H16FN/c24-19-13-11-18(12-14-19)20(15-10-17-6-2-1-3-7-17)22-16-25-23-9-5-4-8-21(22)23/h1-9,11-14,16,20,25H. The highest BCUT2D eigenvalue weighted by atomic mass is 19.1. The van der Waals surface area contributed by atoms with Gasteiger partial charge in [0.1, 0.15) is 5.82 Å². The molecule has 0 radical (unpaired) electrons. The topological polar surface area (TPSA) is 15.8 Å². The number of hydrogen-bond donors (Lipinski definition) is 1. The summed E-state index contributed by atoms with van der Waals surface area (Å²) in [4.78, 5) is 3.31. The zero-order valence-corrected chi connectivity index (χ0v) is 13.5. The molecule has 120 valence electrons. The summed E-state index contributed by atoms with van der Waals surface area (Å²) in [6.45, 7) is 0. The first kappa shape index (κ1) is 15.2. The van der Waals surface area contributed by atoms with Gasteiger partial charge in [-0.2, -0.15) is 0 Å². The first-order valence-corrected chi connectivity index (χ1v) is 8.19. The summed E-state index contributed by atoms with van der Waals surface area (Å²) in [6, 6.07) is 24.7. The van der Waals surface area contributed by atoms with E-state index in [0.29, 0.717) is 0 Å². The lowest BCUT2D eigenvalue weighted by atomic mass is 9.91. The van der Waals surface area contributed by atoms with Crippen molar-refractivity contribution in [2.75, 3.05) is 0 Å². The molecule has 1 nitrogen and oxygen atoms in total. The van der Waals surface area contributed by atoms with Crippen LogP contribution >= 0.6 is 0 Å². The van der Waals surface area contributed by atoms with Crippen LogP contribution in [0.5, 0.6) is 0 Å². The second kappa shape index (κ2) is 6.67. The van der Waals surface area contributed by atoms with Gasteiger partial charge in [-0.3, -0.25) is 0 Å². The molecule has 0 bridgehead atoms. The van der Waals surface area contributed by atoms with Gasteiger partial charge in [-0.05, 0) is 41.5 Å². The van der Waals surface area contributed by atoms with E-state index in [0.717, 1.165) is 27.6 Å². The summed E-state index contributed by atoms with van der Waals surface area (Å²) in [5, 5.41) is 1.14. The Morgan fingerprint density at radius 1 is 0.800 bits per heavy atom. The molecule has 1 unspecified atom stereocenters. The summed E-state index contributed by atoms with van der Waals surface area (Å²) in [5.74, 6) is 6.26. The SMILES string of the molecule is Fc1ccc(C(C#Cc2ccccc2)c2c[nH]c3ccccc23)cc1. The van der Waals surface area contributed by atoms with Gasteiger partial charge in [-0.15, -0.1) is 0 Å². The van der Waals surface area contributed by atoms with Crippen molar-refractivity contribution < 1.29 is 4.39 Å². The van der Waals surface area contributed by atoms with E-state index in [4.69, 9.17) is 0 Å². The summed E-state index contributed by atoms with van der Waals surface area (Å²) < 4.78 is 13.4. The Labute approximate surface area is 146 Å². The maximum atomic E-state index is 13.4. The normalized spacial score (nSPS) is 11.7. The van der Waals surface area contributed by atoms with Crippen LogP contribution in [0, 0.1) is 17.7 Å². The number of fused-ring (bicyclic) bond motifs is 1. The third-order valence-electron chi connectivity index (χ3n) is 4.27. The molecular formula is C23H16FN. The molecule has 0 aliphatic heterocycles. The van der Waals surface area contributed by atoms with E-state index >= 15 is 0 Å². The highest BCUT2D eigenvalue weighted by Gasteiger charge is 2.16. The number of aromatic amines is 1. The van der Waals surface area contributed by atoms with Crippen LogP contribution in [0.15, 0.2) is 85.1 Å². The van der Waals surface area contributed by atoms with E-state index in [1.807, 2.05) is 54.7 Å². The van der Waals surface area contributed by atoms with Crippen molar-refractivity contribution in [1.82, 2.24) is 4.98 Å². The molecule has 25 heavy (non-hydrogen) atoms. The molecule has 0 saturated heterocycles. The third-order valence-corrected chi connectivity index (χ3v) is 4.27. The quantitative estimate of drug-likeness (QED) is 0.469. The molecule has 0 fully saturated rings. The molecule has 0 aliphatic rings. The maximum absolute atomic E-state index is 13.4. The lowest BCUT2D eigenvalue weighted by Crippen LogP contribution is -1.98. The summed E-state index contributed by atoms with van der Waals surface area (Å²) >= 11 is 0. The number of benzene rings is 3. The number of halogens is 1. The molecule has 1 aromatic heterocycles. The Hall–Kier alpha value is -3.31. The van der Waals surface area contributed by atoms with Gasteiger partial charge in [0.15, 0.2) is 0 Å². The first-order chi connectivity index (χ1) is 12.3. The summed E-state index contributed by atoms with van der Waals surface area (Å²) in [7, 11) is 0. The van der Waals surface area contributed by atoms with Crippen LogP contribution < -0.4 is 0 Å². The van der Waals surface area contributed by atoms with Crippen LogP contribution in [0.25, 0.3) is 10.9 Å². The van der Waals surface area contributed by atoms with Gasteiger partial charge < -0.3 is 4.98 Å². The molecule has 4 aromatic rings. The largest absolute Gasteiger partial charge is 0.361 e. The molecule has 3 aromatic carbocycles. The Morgan fingerprint density at radius 2 is 1.52 bits per heavy atom. The lowest BCUT2D eigenvalue weighted by Gasteiger charge is -2.11. The average Bonchev–Trinajstić information content (AvgIpc) is 3.08. The first-order valence-electron chi connectivity index (χ1n) is 8.19. The van der Waals surface area contributed by atoms with E-state index in [9.17, 15) is 4.39 Å². The Balaban J connectivity index is 1.84. The predicted molar refractivity (Wildman–Crippen MR) is 99.9 cm³/mol. The molecule has 0 amide bonds. The third kappa shape index (κ3) is 3.18. The molecule has 1 N–H and O–H groups in total. The fourth-order valence-electron chi connectivity index (χ4n) is 3.01. The molecular weight excluding hydrogens is 309 g/mol. The number of H-pyrrole nitrogens is 1. The smallest absolute Gasteiger partial charge is 0.123 e. The van der Waals surface area contributed by atoms with Gasteiger partial charge in [0, 0.05) is 22.7 Å². The van der Waals surface area contributed by atoms with Gasteiger partial charge in [-0.1, -0.05) is 60.4 Å². The number of aromatic nitrogens is 1. The van der Waals surface area contributed by atoms with Gasteiger partial charge in [0.2, 0.25) is 0 Å². The second-order valence-corrected chi connectivity index (χ2v) is 5.91. The summed E-state index contributed by atoms with van der Waals surface area (Å²) in [5.41, 5.74) is 4.13. The van der Waals surface area contributed by atoms with E-state index in [1.165, 1.54) is 12.1 Å².